The summed E-state index contributed by atoms with van der Waals surface area (Å²) in [7, 11) is 1.66. The molecule has 1 fully saturated rings. The number of ether oxygens (including phenoxy) is 3. The Morgan fingerprint density at radius 2 is 1.83 bits per heavy atom. The summed E-state index contributed by atoms with van der Waals surface area (Å²) in [5.41, 5.74) is 2.20. The first-order chi connectivity index (χ1) is 13.2. The van der Waals surface area contributed by atoms with Crippen molar-refractivity contribution in [3.8, 4) is 11.5 Å². The van der Waals surface area contributed by atoms with Crippen molar-refractivity contribution in [1.82, 2.24) is 10.2 Å². The fourth-order valence-corrected chi connectivity index (χ4v) is 3.24. The molecular formula is C21H29Cl3N2O3. The lowest BCUT2D eigenvalue weighted by molar-refractivity contribution is 0.0384. The standard InChI is InChI=1S/C21H27ClN2O3.2ClH/c1-25-21-14-17(15-23-7-8-24-9-11-26-12-10-24)5-6-20(21)27-16-18-3-2-4-19(22)13-18;;/h2-6,13-14,23H,7-12,15-16H2,1H3;2*1H. The third-order valence-electron chi connectivity index (χ3n) is 4.55. The summed E-state index contributed by atoms with van der Waals surface area (Å²) in [6, 6.07) is 13.7. The van der Waals surface area contributed by atoms with E-state index in [2.05, 4.69) is 16.3 Å². The van der Waals surface area contributed by atoms with Crippen LogP contribution >= 0.6 is 36.4 Å². The van der Waals surface area contributed by atoms with Gasteiger partial charge in [-0.1, -0.05) is 29.8 Å². The van der Waals surface area contributed by atoms with Gasteiger partial charge in [0.05, 0.1) is 20.3 Å². The SMILES string of the molecule is COc1cc(CNCCN2CCOCC2)ccc1OCc1cccc(Cl)c1.Cl.Cl. The van der Waals surface area contributed by atoms with Crippen molar-refractivity contribution in [3.63, 3.8) is 0 Å². The lowest BCUT2D eigenvalue weighted by atomic mass is 10.2. The van der Waals surface area contributed by atoms with Crippen LogP contribution in [0.5, 0.6) is 11.5 Å². The molecule has 0 radical (unpaired) electrons. The van der Waals surface area contributed by atoms with E-state index in [4.69, 9.17) is 25.8 Å². The highest BCUT2D eigenvalue weighted by Crippen LogP contribution is 2.29. The fourth-order valence-electron chi connectivity index (χ4n) is 3.02. The van der Waals surface area contributed by atoms with Gasteiger partial charge in [-0.15, -0.1) is 24.8 Å². The topological polar surface area (TPSA) is 43.0 Å². The van der Waals surface area contributed by atoms with Gasteiger partial charge in [-0.2, -0.15) is 0 Å². The molecule has 5 nitrogen and oxygen atoms in total. The zero-order valence-electron chi connectivity index (χ0n) is 16.6. The Kier molecular flexibility index (Phi) is 12.4. The normalized spacial score (nSPS) is 13.9. The molecule has 1 saturated heterocycles. The molecule has 1 N–H and O–H groups in total. The molecule has 0 aromatic heterocycles. The Bertz CT molecular complexity index is 728. The van der Waals surface area contributed by atoms with Crippen molar-refractivity contribution >= 4 is 36.4 Å². The lowest BCUT2D eigenvalue weighted by Crippen LogP contribution is -2.40. The molecule has 3 rings (SSSR count). The van der Waals surface area contributed by atoms with E-state index < -0.39 is 0 Å². The molecule has 2 aromatic rings. The van der Waals surface area contributed by atoms with Gasteiger partial charge in [0.2, 0.25) is 0 Å². The van der Waals surface area contributed by atoms with E-state index in [1.807, 2.05) is 36.4 Å². The van der Waals surface area contributed by atoms with Crippen molar-refractivity contribution in [3.05, 3.63) is 58.6 Å². The molecule has 0 unspecified atom stereocenters. The van der Waals surface area contributed by atoms with Gasteiger partial charge in [-0.25, -0.2) is 0 Å². The minimum atomic E-state index is 0. The van der Waals surface area contributed by atoms with Gasteiger partial charge >= 0.3 is 0 Å². The molecule has 0 atom stereocenters. The molecule has 0 amide bonds. The Hall–Kier alpha value is -1.21. The fraction of sp³-hybridized carbons (Fsp3) is 0.429. The second kappa shape index (κ2) is 13.9. The smallest absolute Gasteiger partial charge is 0.161 e. The summed E-state index contributed by atoms with van der Waals surface area (Å²) in [5.74, 6) is 1.47. The lowest BCUT2D eigenvalue weighted by Gasteiger charge is -2.26. The number of nitrogens with zero attached hydrogens (tertiary/aromatic N) is 1. The monoisotopic (exact) mass is 462 g/mol. The van der Waals surface area contributed by atoms with Crippen molar-refractivity contribution in [2.45, 2.75) is 13.2 Å². The van der Waals surface area contributed by atoms with Crippen molar-refractivity contribution < 1.29 is 14.2 Å². The highest BCUT2D eigenvalue weighted by Gasteiger charge is 2.10. The minimum absolute atomic E-state index is 0. The van der Waals surface area contributed by atoms with Gasteiger partial charge in [0, 0.05) is 37.7 Å². The maximum absolute atomic E-state index is 6.02. The Morgan fingerprint density at radius 3 is 2.55 bits per heavy atom. The van der Waals surface area contributed by atoms with E-state index in [-0.39, 0.29) is 24.8 Å². The number of hydrogen-bond donors (Lipinski definition) is 1. The Balaban J connectivity index is 0.00000210. The van der Waals surface area contributed by atoms with E-state index >= 15 is 0 Å². The first kappa shape index (κ1) is 25.8. The second-order valence-corrected chi connectivity index (χ2v) is 6.97. The van der Waals surface area contributed by atoms with Crippen molar-refractivity contribution in [2.75, 3.05) is 46.5 Å². The van der Waals surface area contributed by atoms with Gasteiger partial charge in [0.15, 0.2) is 11.5 Å². The average molecular weight is 464 g/mol. The largest absolute Gasteiger partial charge is 0.493 e. The van der Waals surface area contributed by atoms with E-state index in [0.717, 1.165) is 63.0 Å². The molecule has 0 aliphatic carbocycles. The maximum Gasteiger partial charge on any atom is 0.161 e. The molecule has 8 heteroatoms. The molecule has 0 saturated carbocycles. The van der Waals surface area contributed by atoms with E-state index in [1.165, 1.54) is 5.56 Å². The number of morpholine rings is 1. The molecule has 162 valence electrons. The Morgan fingerprint density at radius 1 is 1.03 bits per heavy atom. The van der Waals surface area contributed by atoms with Crippen LogP contribution in [-0.2, 0) is 17.9 Å². The van der Waals surface area contributed by atoms with Gasteiger partial charge in [-0.3, -0.25) is 4.90 Å². The van der Waals surface area contributed by atoms with Gasteiger partial charge in [0.25, 0.3) is 0 Å². The molecule has 0 bridgehead atoms. The van der Waals surface area contributed by atoms with Crippen molar-refractivity contribution in [1.29, 1.82) is 0 Å². The van der Waals surface area contributed by atoms with E-state index in [1.54, 1.807) is 7.11 Å². The summed E-state index contributed by atoms with van der Waals surface area (Å²) in [5, 5.41) is 4.20. The molecule has 1 aliphatic heterocycles. The molecule has 1 heterocycles. The maximum atomic E-state index is 6.02. The molecule has 1 aliphatic rings. The molecule has 2 aromatic carbocycles. The first-order valence-electron chi connectivity index (χ1n) is 9.29. The summed E-state index contributed by atoms with van der Waals surface area (Å²) in [4.78, 5) is 2.42. The number of halogens is 3. The van der Waals surface area contributed by atoms with E-state index in [9.17, 15) is 0 Å². The van der Waals surface area contributed by atoms with Gasteiger partial charge in [0.1, 0.15) is 6.61 Å². The summed E-state index contributed by atoms with van der Waals surface area (Å²) in [6.07, 6.45) is 0. The van der Waals surface area contributed by atoms with Crippen LogP contribution in [0.15, 0.2) is 42.5 Å². The summed E-state index contributed by atoms with van der Waals surface area (Å²) >= 11 is 6.02. The third kappa shape index (κ3) is 8.59. The third-order valence-corrected chi connectivity index (χ3v) is 4.78. The summed E-state index contributed by atoms with van der Waals surface area (Å²) in [6.45, 7) is 6.98. The summed E-state index contributed by atoms with van der Waals surface area (Å²) < 4.78 is 16.8. The number of rotatable bonds is 9. The minimum Gasteiger partial charge on any atom is -0.493 e. The van der Waals surface area contributed by atoms with Crippen LogP contribution in [0.3, 0.4) is 0 Å². The first-order valence-corrected chi connectivity index (χ1v) is 9.67. The number of hydrogen-bond acceptors (Lipinski definition) is 5. The molecule has 0 spiro atoms. The zero-order chi connectivity index (χ0) is 18.9. The number of methoxy groups -OCH3 is 1. The van der Waals surface area contributed by atoms with Crippen LogP contribution in [0.25, 0.3) is 0 Å². The molecular weight excluding hydrogens is 435 g/mol. The van der Waals surface area contributed by atoms with Crippen LogP contribution in [-0.4, -0.2) is 51.4 Å². The number of nitrogens with one attached hydrogen (secondary N) is 1. The second-order valence-electron chi connectivity index (χ2n) is 6.53. The Labute approximate surface area is 190 Å². The number of benzene rings is 2. The van der Waals surface area contributed by atoms with Gasteiger partial charge in [-0.05, 0) is 35.4 Å². The predicted octanol–water partition coefficient (Wildman–Crippen LogP) is 4.19. The van der Waals surface area contributed by atoms with Crippen molar-refractivity contribution in [2.24, 2.45) is 0 Å². The van der Waals surface area contributed by atoms with Crippen LogP contribution < -0.4 is 14.8 Å². The highest BCUT2D eigenvalue weighted by molar-refractivity contribution is 6.30. The average Bonchev–Trinajstić information content (AvgIpc) is 2.71. The van der Waals surface area contributed by atoms with Gasteiger partial charge < -0.3 is 19.5 Å². The van der Waals surface area contributed by atoms with Crippen LogP contribution in [0.2, 0.25) is 5.02 Å². The van der Waals surface area contributed by atoms with Crippen LogP contribution in [0, 0.1) is 0 Å². The highest BCUT2D eigenvalue weighted by atomic mass is 35.5. The predicted molar refractivity (Wildman–Crippen MR) is 122 cm³/mol. The quantitative estimate of drug-likeness (QED) is 0.565. The van der Waals surface area contributed by atoms with E-state index in [0.29, 0.717) is 11.6 Å². The zero-order valence-corrected chi connectivity index (χ0v) is 19.0. The molecule has 29 heavy (non-hydrogen) atoms. The van der Waals surface area contributed by atoms with Crippen LogP contribution in [0.1, 0.15) is 11.1 Å². The van der Waals surface area contributed by atoms with Crippen LogP contribution in [0.4, 0.5) is 0 Å².